The topological polar surface area (TPSA) is 38.3 Å². The number of halogens is 2. The second-order valence-corrected chi connectivity index (χ2v) is 3.51. The average Bonchev–Trinajstić information content (AvgIpc) is 2.39. The second kappa shape index (κ2) is 6.72. The van der Waals surface area contributed by atoms with Crippen LogP contribution in [0.1, 0.15) is 23.6 Å². The molecule has 1 aromatic carbocycles. The number of carbonyl (C=O) groups is 1. The summed E-state index contributed by atoms with van der Waals surface area (Å²) in [5.41, 5.74) is 0.249. The quantitative estimate of drug-likeness (QED) is 0.645. The van der Waals surface area contributed by atoms with Crippen molar-refractivity contribution in [1.82, 2.24) is 5.32 Å². The Morgan fingerprint density at radius 2 is 2.17 bits per heavy atom. The summed E-state index contributed by atoms with van der Waals surface area (Å²) in [7, 11) is 1.23. The number of hydrogen-bond donors (Lipinski definition) is 1. The first kappa shape index (κ1) is 14.1. The van der Waals surface area contributed by atoms with Crippen molar-refractivity contribution >= 4 is 5.97 Å². The summed E-state index contributed by atoms with van der Waals surface area (Å²) in [5.74, 6) is 1.74. The molecule has 96 valence electrons. The van der Waals surface area contributed by atoms with E-state index in [1.165, 1.54) is 25.3 Å². The summed E-state index contributed by atoms with van der Waals surface area (Å²) in [6, 6.07) is 4.74. The van der Waals surface area contributed by atoms with Gasteiger partial charge in [-0.15, -0.1) is 6.42 Å². The van der Waals surface area contributed by atoms with Gasteiger partial charge in [-0.1, -0.05) is 24.1 Å². The predicted octanol–water partition coefficient (Wildman–Crippen LogP) is 2.06. The van der Waals surface area contributed by atoms with Crippen molar-refractivity contribution in [1.29, 1.82) is 0 Å². The van der Waals surface area contributed by atoms with Crippen LogP contribution in [0.15, 0.2) is 24.3 Å². The highest BCUT2D eigenvalue weighted by atomic mass is 19.3. The number of alkyl halides is 2. The zero-order valence-electron chi connectivity index (χ0n) is 9.82. The van der Waals surface area contributed by atoms with Crippen molar-refractivity contribution in [3.8, 4) is 12.3 Å². The van der Waals surface area contributed by atoms with E-state index in [4.69, 9.17) is 6.42 Å². The lowest BCUT2D eigenvalue weighted by Gasteiger charge is -2.16. The molecule has 0 aliphatic carbocycles. The Bertz CT molecular complexity index is 455. The molecule has 0 bridgehead atoms. The number of carbonyl (C=O) groups excluding carboxylic acids is 1. The lowest BCUT2D eigenvalue weighted by Crippen LogP contribution is -2.30. The Hall–Kier alpha value is -1.93. The average molecular weight is 253 g/mol. The van der Waals surface area contributed by atoms with Gasteiger partial charge in [0.25, 0.3) is 6.43 Å². The first-order chi connectivity index (χ1) is 8.60. The molecule has 0 spiro atoms. The van der Waals surface area contributed by atoms with Gasteiger partial charge in [-0.2, -0.15) is 0 Å². The minimum atomic E-state index is -2.59. The number of nitrogens with one attached hydrogen (secondary N) is 1. The van der Waals surface area contributed by atoms with Crippen LogP contribution in [0.5, 0.6) is 0 Å². The summed E-state index contributed by atoms with van der Waals surface area (Å²) in [6.07, 6.45) is 2.50. The van der Waals surface area contributed by atoms with Gasteiger partial charge in [0.2, 0.25) is 0 Å². The van der Waals surface area contributed by atoms with E-state index < -0.39 is 18.4 Å². The van der Waals surface area contributed by atoms with Crippen LogP contribution in [-0.2, 0) is 9.53 Å². The van der Waals surface area contributed by atoms with Gasteiger partial charge in [-0.05, 0) is 11.6 Å². The monoisotopic (exact) mass is 253 g/mol. The Kier molecular flexibility index (Phi) is 5.28. The molecule has 0 heterocycles. The van der Waals surface area contributed by atoms with Gasteiger partial charge in [0.1, 0.15) is 6.04 Å². The van der Waals surface area contributed by atoms with Crippen molar-refractivity contribution in [3.05, 3.63) is 35.4 Å². The summed E-state index contributed by atoms with van der Waals surface area (Å²) < 4.78 is 29.8. The number of benzene rings is 1. The Morgan fingerprint density at radius 1 is 1.50 bits per heavy atom. The number of ether oxygens (including phenoxy) is 1. The minimum absolute atomic E-state index is 0.138. The third-order valence-corrected chi connectivity index (χ3v) is 2.34. The van der Waals surface area contributed by atoms with E-state index in [0.717, 1.165) is 0 Å². The second-order valence-electron chi connectivity index (χ2n) is 3.51. The van der Waals surface area contributed by atoms with E-state index in [2.05, 4.69) is 16.0 Å². The van der Waals surface area contributed by atoms with Gasteiger partial charge in [0.05, 0.1) is 13.7 Å². The van der Waals surface area contributed by atoms with Gasteiger partial charge in [-0.3, -0.25) is 5.32 Å². The Labute approximate surface area is 104 Å². The fraction of sp³-hybridized carbons (Fsp3) is 0.308. The van der Waals surface area contributed by atoms with E-state index in [1.807, 2.05) is 0 Å². The highest BCUT2D eigenvalue weighted by Crippen LogP contribution is 2.23. The van der Waals surface area contributed by atoms with Crippen molar-refractivity contribution in [2.45, 2.75) is 12.5 Å². The number of esters is 1. The van der Waals surface area contributed by atoms with Gasteiger partial charge in [-0.25, -0.2) is 13.6 Å². The summed E-state index contributed by atoms with van der Waals surface area (Å²) in [6.45, 7) is 0.138. The van der Waals surface area contributed by atoms with Crippen LogP contribution < -0.4 is 5.32 Å². The molecule has 1 unspecified atom stereocenters. The number of methoxy groups -OCH3 is 1. The van der Waals surface area contributed by atoms with E-state index >= 15 is 0 Å². The van der Waals surface area contributed by atoms with Crippen molar-refractivity contribution < 1.29 is 18.3 Å². The van der Waals surface area contributed by atoms with E-state index in [0.29, 0.717) is 5.56 Å². The molecule has 1 rings (SSSR count). The first-order valence-electron chi connectivity index (χ1n) is 5.22. The van der Waals surface area contributed by atoms with E-state index in [1.54, 1.807) is 6.07 Å². The standard InChI is InChI=1S/C13H13F2NO2/c1-3-7-16-11(13(17)18-2)9-5-4-6-10(8-9)12(14)15/h1,4-6,8,11-12,16H,7H2,2H3. The Balaban J connectivity index is 3.01. The summed E-state index contributed by atoms with van der Waals surface area (Å²) >= 11 is 0. The molecular weight excluding hydrogens is 240 g/mol. The Morgan fingerprint density at radius 3 is 2.72 bits per heavy atom. The third kappa shape index (κ3) is 3.54. The smallest absolute Gasteiger partial charge is 0.327 e. The van der Waals surface area contributed by atoms with E-state index in [9.17, 15) is 13.6 Å². The van der Waals surface area contributed by atoms with E-state index in [-0.39, 0.29) is 12.1 Å². The van der Waals surface area contributed by atoms with Crippen LogP contribution in [0.25, 0.3) is 0 Å². The molecule has 0 fully saturated rings. The highest BCUT2D eigenvalue weighted by molar-refractivity contribution is 5.77. The van der Waals surface area contributed by atoms with Crippen LogP contribution >= 0.6 is 0 Å². The molecule has 1 N–H and O–H groups in total. The molecule has 1 atom stereocenters. The maximum absolute atomic E-state index is 12.6. The lowest BCUT2D eigenvalue weighted by molar-refractivity contribution is -0.143. The fourth-order valence-electron chi connectivity index (χ4n) is 1.49. The molecule has 0 aliphatic rings. The lowest BCUT2D eigenvalue weighted by atomic mass is 10.0. The zero-order chi connectivity index (χ0) is 13.5. The van der Waals surface area contributed by atoms with Crippen molar-refractivity contribution in [3.63, 3.8) is 0 Å². The molecule has 18 heavy (non-hydrogen) atoms. The predicted molar refractivity (Wildman–Crippen MR) is 63.0 cm³/mol. The number of terminal acetylenes is 1. The van der Waals surface area contributed by atoms with Crippen LogP contribution in [0, 0.1) is 12.3 Å². The molecule has 3 nitrogen and oxygen atoms in total. The molecule has 0 saturated carbocycles. The first-order valence-corrected chi connectivity index (χ1v) is 5.22. The molecule has 0 aliphatic heterocycles. The largest absolute Gasteiger partial charge is 0.468 e. The highest BCUT2D eigenvalue weighted by Gasteiger charge is 2.21. The molecular formula is C13H13F2NO2. The zero-order valence-corrected chi connectivity index (χ0v) is 9.82. The molecule has 0 aromatic heterocycles. The molecule has 5 heteroatoms. The SMILES string of the molecule is C#CCNC(C(=O)OC)c1cccc(C(F)F)c1. The molecule has 0 saturated heterocycles. The number of rotatable bonds is 5. The summed E-state index contributed by atoms with van der Waals surface area (Å²) in [4.78, 5) is 11.6. The maximum atomic E-state index is 12.6. The van der Waals surface area contributed by atoms with Crippen LogP contribution in [0.2, 0.25) is 0 Å². The van der Waals surface area contributed by atoms with Gasteiger partial charge in [0, 0.05) is 5.56 Å². The minimum Gasteiger partial charge on any atom is -0.468 e. The van der Waals surface area contributed by atoms with Gasteiger partial charge < -0.3 is 4.74 Å². The van der Waals surface area contributed by atoms with Crippen molar-refractivity contribution in [2.24, 2.45) is 0 Å². The summed E-state index contributed by atoms with van der Waals surface area (Å²) in [5, 5.41) is 2.75. The maximum Gasteiger partial charge on any atom is 0.327 e. The number of hydrogen-bond acceptors (Lipinski definition) is 3. The third-order valence-electron chi connectivity index (χ3n) is 2.34. The van der Waals surface area contributed by atoms with Gasteiger partial charge >= 0.3 is 5.97 Å². The molecule has 1 aromatic rings. The fourth-order valence-corrected chi connectivity index (χ4v) is 1.49. The van der Waals surface area contributed by atoms with Crippen LogP contribution in [0.4, 0.5) is 8.78 Å². The molecule has 0 amide bonds. The van der Waals surface area contributed by atoms with Crippen LogP contribution in [0.3, 0.4) is 0 Å². The normalized spacial score (nSPS) is 11.9. The van der Waals surface area contributed by atoms with Gasteiger partial charge in [0.15, 0.2) is 0 Å². The van der Waals surface area contributed by atoms with Crippen LogP contribution in [-0.4, -0.2) is 19.6 Å². The van der Waals surface area contributed by atoms with Crippen molar-refractivity contribution in [2.75, 3.05) is 13.7 Å². The molecule has 0 radical (unpaired) electrons.